The van der Waals surface area contributed by atoms with E-state index in [1.807, 2.05) is 24.5 Å². The largest absolute Gasteiger partial charge is 0.486 e. The molecule has 0 unspecified atom stereocenters. The maximum Gasteiger partial charge on any atom is 0.161 e. The van der Waals surface area contributed by atoms with Crippen LogP contribution in [0.3, 0.4) is 0 Å². The number of benzene rings is 1. The summed E-state index contributed by atoms with van der Waals surface area (Å²) in [5.41, 5.74) is 4.68. The first-order valence-electron chi connectivity index (χ1n) is 8.93. The fraction of sp³-hybridized carbons (Fsp3) is 0.300. The molecule has 0 amide bonds. The molecule has 0 spiro atoms. The van der Waals surface area contributed by atoms with Gasteiger partial charge in [0.15, 0.2) is 11.5 Å². The van der Waals surface area contributed by atoms with Crippen LogP contribution in [0.5, 0.6) is 11.5 Å². The molecule has 0 fully saturated rings. The summed E-state index contributed by atoms with van der Waals surface area (Å²) < 4.78 is 11.5. The van der Waals surface area contributed by atoms with E-state index in [0.717, 1.165) is 36.7 Å². The molecule has 4 heterocycles. The van der Waals surface area contributed by atoms with Crippen LogP contribution in [-0.2, 0) is 13.0 Å². The zero-order valence-electron chi connectivity index (χ0n) is 14.4. The number of fused-ring (bicyclic) bond motifs is 2. The summed E-state index contributed by atoms with van der Waals surface area (Å²) in [6.45, 7) is 2.99. The molecule has 2 aliphatic rings. The minimum Gasteiger partial charge on any atom is -0.486 e. The monoisotopic (exact) mass is 348 g/mol. The van der Waals surface area contributed by atoms with Crippen LogP contribution in [0.25, 0.3) is 0 Å². The van der Waals surface area contributed by atoms with Gasteiger partial charge in [0.2, 0.25) is 0 Å². The smallest absolute Gasteiger partial charge is 0.161 e. The van der Waals surface area contributed by atoms with Crippen LogP contribution in [0.1, 0.15) is 28.6 Å². The first-order chi connectivity index (χ1) is 12.9. The van der Waals surface area contributed by atoms with E-state index in [1.54, 1.807) is 6.33 Å². The van der Waals surface area contributed by atoms with Crippen LogP contribution in [-0.4, -0.2) is 39.6 Å². The van der Waals surface area contributed by atoms with Gasteiger partial charge in [-0.3, -0.25) is 9.88 Å². The van der Waals surface area contributed by atoms with E-state index in [4.69, 9.17) is 9.47 Å². The lowest BCUT2D eigenvalue weighted by molar-refractivity contribution is 0.169. The van der Waals surface area contributed by atoms with Crippen LogP contribution in [0.2, 0.25) is 0 Å². The second-order valence-corrected chi connectivity index (χ2v) is 6.65. The molecule has 0 saturated heterocycles. The van der Waals surface area contributed by atoms with Gasteiger partial charge >= 0.3 is 0 Å². The Balaban J connectivity index is 1.54. The molecule has 2 aromatic heterocycles. The van der Waals surface area contributed by atoms with Gasteiger partial charge in [-0.1, -0.05) is 12.1 Å². The Morgan fingerprint density at radius 3 is 2.96 bits per heavy atom. The van der Waals surface area contributed by atoms with Crippen LogP contribution in [0.15, 0.2) is 49.1 Å². The molecule has 132 valence electrons. The molecule has 1 aromatic carbocycles. The van der Waals surface area contributed by atoms with Crippen molar-refractivity contribution in [2.75, 3.05) is 19.8 Å². The molecule has 0 bridgehead atoms. The molecule has 6 heteroatoms. The maximum absolute atomic E-state index is 5.80. The van der Waals surface area contributed by atoms with Crippen LogP contribution >= 0.6 is 0 Å². The third-order valence-corrected chi connectivity index (χ3v) is 5.02. The van der Waals surface area contributed by atoms with E-state index < -0.39 is 0 Å². The molecular weight excluding hydrogens is 328 g/mol. The number of hydrogen-bond acceptors (Lipinski definition) is 5. The zero-order valence-corrected chi connectivity index (χ0v) is 14.4. The molecule has 1 N–H and O–H groups in total. The van der Waals surface area contributed by atoms with E-state index in [0.29, 0.717) is 13.2 Å². The highest BCUT2D eigenvalue weighted by Gasteiger charge is 2.32. The van der Waals surface area contributed by atoms with Gasteiger partial charge in [0.05, 0.1) is 18.1 Å². The molecule has 26 heavy (non-hydrogen) atoms. The number of aromatic nitrogens is 3. The van der Waals surface area contributed by atoms with Gasteiger partial charge in [-0.2, -0.15) is 0 Å². The third-order valence-electron chi connectivity index (χ3n) is 5.02. The van der Waals surface area contributed by atoms with Crippen molar-refractivity contribution in [3.63, 3.8) is 0 Å². The second-order valence-electron chi connectivity index (χ2n) is 6.65. The first kappa shape index (κ1) is 15.4. The Labute approximate surface area is 151 Å². The number of H-pyrrole nitrogens is 1. The lowest BCUT2D eigenvalue weighted by Crippen LogP contribution is -2.36. The van der Waals surface area contributed by atoms with E-state index in [2.05, 4.69) is 38.1 Å². The molecule has 0 radical (unpaired) electrons. The number of ether oxygens (including phenoxy) is 2. The van der Waals surface area contributed by atoms with E-state index in [1.165, 1.54) is 16.8 Å². The number of aromatic amines is 1. The van der Waals surface area contributed by atoms with Gasteiger partial charge < -0.3 is 14.5 Å². The topological polar surface area (TPSA) is 63.3 Å². The van der Waals surface area contributed by atoms with Gasteiger partial charge in [0, 0.05) is 37.6 Å². The molecule has 2 aliphatic heterocycles. The second kappa shape index (κ2) is 6.46. The molecule has 0 saturated carbocycles. The van der Waals surface area contributed by atoms with Crippen molar-refractivity contribution in [2.24, 2.45) is 0 Å². The minimum absolute atomic E-state index is 0.0843. The number of imidazole rings is 1. The normalized spacial score (nSPS) is 19.2. The fourth-order valence-electron chi connectivity index (χ4n) is 3.82. The quantitative estimate of drug-likeness (QED) is 0.788. The number of pyridine rings is 1. The highest BCUT2D eigenvalue weighted by molar-refractivity contribution is 5.46. The average molecular weight is 348 g/mol. The van der Waals surface area contributed by atoms with Crippen LogP contribution in [0.4, 0.5) is 0 Å². The Hall–Kier alpha value is -2.86. The van der Waals surface area contributed by atoms with Gasteiger partial charge in [0.1, 0.15) is 13.2 Å². The van der Waals surface area contributed by atoms with Gasteiger partial charge in [0.25, 0.3) is 0 Å². The highest BCUT2D eigenvalue weighted by atomic mass is 16.6. The predicted octanol–water partition coefficient (Wildman–Crippen LogP) is 2.72. The Bertz CT molecular complexity index is 909. The summed E-state index contributed by atoms with van der Waals surface area (Å²) in [4.78, 5) is 14.6. The number of rotatable bonds is 3. The molecule has 5 rings (SSSR count). The molecule has 0 aliphatic carbocycles. The molecule has 3 aromatic rings. The lowest BCUT2D eigenvalue weighted by atomic mass is 9.94. The summed E-state index contributed by atoms with van der Waals surface area (Å²) >= 11 is 0. The summed E-state index contributed by atoms with van der Waals surface area (Å²) in [5, 5.41) is 0. The van der Waals surface area contributed by atoms with E-state index in [9.17, 15) is 0 Å². The van der Waals surface area contributed by atoms with Crippen LogP contribution in [0, 0.1) is 0 Å². The van der Waals surface area contributed by atoms with Gasteiger partial charge in [-0.25, -0.2) is 4.98 Å². The van der Waals surface area contributed by atoms with Crippen molar-refractivity contribution in [3.05, 3.63) is 71.6 Å². The lowest BCUT2D eigenvalue weighted by Gasteiger charge is -2.35. The summed E-state index contributed by atoms with van der Waals surface area (Å²) in [6.07, 6.45) is 6.50. The fourth-order valence-corrected chi connectivity index (χ4v) is 3.82. The van der Waals surface area contributed by atoms with Crippen molar-refractivity contribution in [1.82, 2.24) is 19.9 Å². The van der Waals surface area contributed by atoms with Crippen LogP contribution < -0.4 is 9.47 Å². The SMILES string of the molecule is c1cncc(CN2CCc3[nH]cnc3[C@H]2c2ccc3c(c2)OCCO3)c1. The molecule has 1 atom stereocenters. The van der Waals surface area contributed by atoms with Gasteiger partial charge in [-0.15, -0.1) is 0 Å². The van der Waals surface area contributed by atoms with E-state index in [-0.39, 0.29) is 6.04 Å². The Morgan fingerprint density at radius 1 is 1.15 bits per heavy atom. The van der Waals surface area contributed by atoms with Crippen molar-refractivity contribution in [3.8, 4) is 11.5 Å². The molecular formula is C20H20N4O2. The number of nitrogens with one attached hydrogen (secondary N) is 1. The Kier molecular flexibility index (Phi) is 3.83. The Morgan fingerprint density at radius 2 is 2.08 bits per heavy atom. The third kappa shape index (κ3) is 2.72. The van der Waals surface area contributed by atoms with E-state index >= 15 is 0 Å². The maximum atomic E-state index is 5.80. The van der Waals surface area contributed by atoms with Crippen molar-refractivity contribution < 1.29 is 9.47 Å². The summed E-state index contributed by atoms with van der Waals surface area (Å²) in [5.74, 6) is 1.63. The van der Waals surface area contributed by atoms with Crippen molar-refractivity contribution in [1.29, 1.82) is 0 Å². The predicted molar refractivity (Wildman–Crippen MR) is 96.2 cm³/mol. The average Bonchev–Trinajstić information content (AvgIpc) is 3.17. The standard InChI is InChI=1S/C20H20N4O2/c1-2-14(11-21-6-1)12-24-7-5-16-19(23-13-22-16)20(24)15-3-4-17-18(10-15)26-9-8-25-17/h1-4,6,10-11,13,20H,5,7-9,12H2,(H,22,23)/t20-/m1/s1. The summed E-state index contributed by atoms with van der Waals surface area (Å²) in [6, 6.07) is 10.4. The number of nitrogens with zero attached hydrogens (tertiary/aromatic N) is 3. The zero-order chi connectivity index (χ0) is 17.3. The number of hydrogen-bond donors (Lipinski definition) is 1. The molecule has 6 nitrogen and oxygen atoms in total. The first-order valence-corrected chi connectivity index (χ1v) is 8.93. The van der Waals surface area contributed by atoms with Gasteiger partial charge in [-0.05, 0) is 29.3 Å². The summed E-state index contributed by atoms with van der Waals surface area (Å²) in [7, 11) is 0. The van der Waals surface area contributed by atoms with Crippen molar-refractivity contribution in [2.45, 2.75) is 19.0 Å². The minimum atomic E-state index is 0.0843. The van der Waals surface area contributed by atoms with Crippen molar-refractivity contribution >= 4 is 0 Å². The highest BCUT2D eigenvalue weighted by Crippen LogP contribution is 2.39.